The van der Waals surface area contributed by atoms with E-state index in [4.69, 9.17) is 5.11 Å². The lowest BCUT2D eigenvalue weighted by atomic mass is 9.95. The Hall–Kier alpha value is -2.63. The Morgan fingerprint density at radius 3 is 2.59 bits per heavy atom. The van der Waals surface area contributed by atoms with Gasteiger partial charge in [-0.2, -0.15) is 5.10 Å². The number of carboxylic acids is 1. The van der Waals surface area contributed by atoms with E-state index in [0.717, 1.165) is 24.8 Å². The number of hydrogen-bond donors (Lipinski definition) is 2. The second-order valence-corrected chi connectivity index (χ2v) is 5.69. The second-order valence-electron chi connectivity index (χ2n) is 5.69. The number of anilines is 1. The molecule has 1 aromatic carbocycles. The van der Waals surface area contributed by atoms with Crippen LogP contribution in [0.1, 0.15) is 18.4 Å². The highest BCUT2D eigenvalue weighted by molar-refractivity contribution is 5.96. The molecule has 0 saturated heterocycles. The third-order valence-electron chi connectivity index (χ3n) is 3.90. The molecule has 1 saturated carbocycles. The number of nitrogens with one attached hydrogen (secondary N) is 1. The molecule has 2 aromatic rings. The number of amides is 1. The molecule has 6 heteroatoms. The fraction of sp³-hybridized carbons (Fsp3) is 0.312. The van der Waals surface area contributed by atoms with E-state index in [9.17, 15) is 9.59 Å². The topological polar surface area (TPSA) is 84.2 Å². The summed E-state index contributed by atoms with van der Waals surface area (Å²) in [5, 5.41) is 15.6. The van der Waals surface area contributed by atoms with Crippen LogP contribution in [-0.4, -0.2) is 26.8 Å². The van der Waals surface area contributed by atoms with E-state index >= 15 is 0 Å². The van der Waals surface area contributed by atoms with Crippen molar-refractivity contribution >= 4 is 17.7 Å². The number of aromatic nitrogens is 2. The van der Waals surface area contributed by atoms with Gasteiger partial charge in [0, 0.05) is 12.3 Å². The quantitative estimate of drug-likeness (QED) is 0.853. The van der Waals surface area contributed by atoms with Crippen LogP contribution in [0.5, 0.6) is 0 Å². The monoisotopic (exact) mass is 299 g/mol. The van der Waals surface area contributed by atoms with E-state index in [1.165, 1.54) is 4.68 Å². The fourth-order valence-corrected chi connectivity index (χ4v) is 2.53. The van der Waals surface area contributed by atoms with Crippen LogP contribution in [0.2, 0.25) is 0 Å². The van der Waals surface area contributed by atoms with Gasteiger partial charge in [-0.15, -0.1) is 0 Å². The summed E-state index contributed by atoms with van der Waals surface area (Å²) >= 11 is 0. The molecule has 22 heavy (non-hydrogen) atoms. The highest BCUT2D eigenvalue weighted by Crippen LogP contribution is 2.49. The van der Waals surface area contributed by atoms with Gasteiger partial charge in [0.25, 0.3) is 0 Å². The number of benzene rings is 1. The van der Waals surface area contributed by atoms with Gasteiger partial charge in [0.05, 0.1) is 5.41 Å². The summed E-state index contributed by atoms with van der Waals surface area (Å²) in [5.41, 5.74) is 0.796. The van der Waals surface area contributed by atoms with Gasteiger partial charge in [-0.1, -0.05) is 30.3 Å². The molecule has 114 valence electrons. The minimum atomic E-state index is -0.969. The van der Waals surface area contributed by atoms with Gasteiger partial charge in [0.1, 0.15) is 6.54 Å². The average molecular weight is 299 g/mol. The van der Waals surface area contributed by atoms with Crippen LogP contribution >= 0.6 is 0 Å². The SMILES string of the molecule is O=C(O)Cn1ccc(NC(=O)C2(Cc3ccccc3)CC2)n1. The Kier molecular flexibility index (Phi) is 3.66. The molecule has 0 atom stereocenters. The molecule has 1 aliphatic rings. The van der Waals surface area contributed by atoms with Crippen LogP contribution in [0.25, 0.3) is 0 Å². The summed E-state index contributed by atoms with van der Waals surface area (Å²) < 4.78 is 1.29. The van der Waals surface area contributed by atoms with Gasteiger partial charge >= 0.3 is 5.97 Å². The number of hydrogen-bond acceptors (Lipinski definition) is 3. The van der Waals surface area contributed by atoms with E-state index < -0.39 is 5.97 Å². The Morgan fingerprint density at radius 1 is 1.23 bits per heavy atom. The summed E-state index contributed by atoms with van der Waals surface area (Å²) in [6, 6.07) is 11.6. The molecule has 0 aliphatic heterocycles. The zero-order chi connectivity index (χ0) is 15.6. The minimum absolute atomic E-state index is 0.0445. The second kappa shape index (κ2) is 5.63. The average Bonchev–Trinajstić information content (AvgIpc) is 3.14. The van der Waals surface area contributed by atoms with Crippen molar-refractivity contribution < 1.29 is 14.7 Å². The summed E-state index contributed by atoms with van der Waals surface area (Å²) in [5.74, 6) is -0.619. The van der Waals surface area contributed by atoms with Crippen molar-refractivity contribution in [1.29, 1.82) is 0 Å². The van der Waals surface area contributed by atoms with Crippen LogP contribution in [0.3, 0.4) is 0 Å². The number of carbonyl (C=O) groups is 2. The van der Waals surface area contributed by atoms with Crippen LogP contribution in [0, 0.1) is 5.41 Å². The molecule has 6 nitrogen and oxygen atoms in total. The molecule has 1 heterocycles. The van der Waals surface area contributed by atoms with Gasteiger partial charge in [-0.05, 0) is 24.8 Å². The zero-order valence-corrected chi connectivity index (χ0v) is 12.0. The Morgan fingerprint density at radius 2 is 1.95 bits per heavy atom. The van der Waals surface area contributed by atoms with Gasteiger partial charge < -0.3 is 10.4 Å². The molecule has 2 N–H and O–H groups in total. The van der Waals surface area contributed by atoms with E-state index in [1.807, 2.05) is 30.3 Å². The number of rotatable bonds is 6. The van der Waals surface area contributed by atoms with Crippen molar-refractivity contribution in [3.8, 4) is 0 Å². The lowest BCUT2D eigenvalue weighted by Gasteiger charge is -2.14. The maximum atomic E-state index is 12.5. The fourth-order valence-electron chi connectivity index (χ4n) is 2.53. The van der Waals surface area contributed by atoms with Gasteiger partial charge in [-0.25, -0.2) is 0 Å². The van der Waals surface area contributed by atoms with Crippen molar-refractivity contribution in [3.63, 3.8) is 0 Å². The largest absolute Gasteiger partial charge is 0.480 e. The summed E-state index contributed by atoms with van der Waals surface area (Å²) in [6.45, 7) is -0.217. The van der Waals surface area contributed by atoms with Crippen molar-refractivity contribution in [2.75, 3.05) is 5.32 Å². The lowest BCUT2D eigenvalue weighted by molar-refractivity contribution is -0.137. The van der Waals surface area contributed by atoms with Crippen LogP contribution < -0.4 is 5.32 Å². The first-order chi connectivity index (χ1) is 10.6. The van der Waals surface area contributed by atoms with Crippen LogP contribution in [-0.2, 0) is 22.6 Å². The van der Waals surface area contributed by atoms with Crippen molar-refractivity contribution in [2.24, 2.45) is 5.41 Å². The van der Waals surface area contributed by atoms with Crippen LogP contribution in [0.15, 0.2) is 42.6 Å². The zero-order valence-electron chi connectivity index (χ0n) is 12.0. The molecule has 3 rings (SSSR count). The van der Waals surface area contributed by atoms with Crippen molar-refractivity contribution in [3.05, 3.63) is 48.2 Å². The smallest absolute Gasteiger partial charge is 0.325 e. The Balaban J connectivity index is 1.64. The van der Waals surface area contributed by atoms with E-state index in [2.05, 4.69) is 10.4 Å². The van der Waals surface area contributed by atoms with E-state index in [-0.39, 0.29) is 17.9 Å². The van der Waals surface area contributed by atoms with E-state index in [1.54, 1.807) is 12.3 Å². The standard InChI is InChI=1S/C16H17N3O3/c20-14(21)11-19-9-6-13(18-19)17-15(22)16(7-8-16)10-12-4-2-1-3-5-12/h1-6,9H,7-8,10-11H2,(H,20,21)(H,17,18,22). The predicted molar refractivity (Wildman–Crippen MR) is 80.3 cm³/mol. The highest BCUT2D eigenvalue weighted by atomic mass is 16.4. The van der Waals surface area contributed by atoms with Gasteiger partial charge in [0.15, 0.2) is 5.82 Å². The maximum absolute atomic E-state index is 12.5. The predicted octanol–water partition coefficient (Wildman–Crippen LogP) is 1.93. The third-order valence-corrected chi connectivity index (χ3v) is 3.90. The number of carboxylic acid groups (broad SMARTS) is 1. The maximum Gasteiger partial charge on any atom is 0.325 e. The highest BCUT2D eigenvalue weighted by Gasteiger charge is 2.49. The number of aliphatic carboxylic acids is 1. The molecule has 1 aromatic heterocycles. The number of nitrogens with zero attached hydrogens (tertiary/aromatic N) is 2. The first-order valence-corrected chi connectivity index (χ1v) is 7.18. The summed E-state index contributed by atoms with van der Waals surface area (Å²) in [7, 11) is 0. The minimum Gasteiger partial charge on any atom is -0.480 e. The molecule has 0 unspecified atom stereocenters. The Labute approximate surface area is 127 Å². The molecule has 1 fully saturated rings. The normalized spacial score (nSPS) is 15.3. The first kappa shape index (κ1) is 14.3. The molecular formula is C16H17N3O3. The molecule has 1 aliphatic carbocycles. The lowest BCUT2D eigenvalue weighted by Crippen LogP contribution is -2.26. The summed E-state index contributed by atoms with van der Waals surface area (Å²) in [6.07, 6.45) is 3.99. The number of carbonyl (C=O) groups excluding carboxylic acids is 1. The summed E-state index contributed by atoms with van der Waals surface area (Å²) in [4.78, 5) is 23.1. The Bertz CT molecular complexity index is 690. The van der Waals surface area contributed by atoms with E-state index in [0.29, 0.717) is 5.82 Å². The van der Waals surface area contributed by atoms with Gasteiger partial charge in [-0.3, -0.25) is 14.3 Å². The molecule has 0 spiro atoms. The first-order valence-electron chi connectivity index (χ1n) is 7.18. The molecule has 0 radical (unpaired) electrons. The van der Waals surface area contributed by atoms with Crippen molar-refractivity contribution in [1.82, 2.24) is 9.78 Å². The molecule has 0 bridgehead atoms. The third kappa shape index (κ3) is 3.16. The van der Waals surface area contributed by atoms with Crippen molar-refractivity contribution in [2.45, 2.75) is 25.8 Å². The van der Waals surface area contributed by atoms with Gasteiger partial charge in [0.2, 0.25) is 5.91 Å². The molecular weight excluding hydrogens is 282 g/mol. The van der Waals surface area contributed by atoms with Crippen LogP contribution in [0.4, 0.5) is 5.82 Å². The molecule has 1 amide bonds.